The first kappa shape index (κ1) is 17.7. The average Bonchev–Trinajstić information content (AvgIpc) is 3.01. The Kier molecular flexibility index (Phi) is 4.99. The summed E-state index contributed by atoms with van der Waals surface area (Å²) in [6.07, 6.45) is 1.98. The molecular weight excluding hydrogens is 369 g/mol. The van der Waals surface area contributed by atoms with Crippen LogP contribution >= 0.6 is 23.2 Å². The zero-order chi connectivity index (χ0) is 18.1. The maximum atomic E-state index is 12.9. The lowest BCUT2D eigenvalue weighted by atomic mass is 10.2. The van der Waals surface area contributed by atoms with E-state index in [0.717, 1.165) is 30.5 Å². The van der Waals surface area contributed by atoms with Crippen LogP contribution in [0.15, 0.2) is 27.8 Å². The molecule has 1 aliphatic rings. The van der Waals surface area contributed by atoms with Crippen LogP contribution in [-0.4, -0.2) is 38.6 Å². The van der Waals surface area contributed by atoms with Gasteiger partial charge in [-0.15, -0.1) is 0 Å². The van der Waals surface area contributed by atoms with Crippen molar-refractivity contribution >= 4 is 29.2 Å². The van der Waals surface area contributed by atoms with Crippen LogP contribution < -0.4 is 11.2 Å². The third kappa shape index (κ3) is 3.63. The first-order valence-electron chi connectivity index (χ1n) is 7.67. The van der Waals surface area contributed by atoms with Crippen molar-refractivity contribution < 1.29 is 9.90 Å². The number of hydrogen-bond acceptors (Lipinski definition) is 4. The van der Waals surface area contributed by atoms with Crippen molar-refractivity contribution in [3.8, 4) is 5.69 Å². The number of H-pyrrole nitrogens is 1. The van der Waals surface area contributed by atoms with Crippen LogP contribution in [0.3, 0.4) is 0 Å². The Bertz CT molecular complexity index is 925. The number of carboxylic acids is 1. The van der Waals surface area contributed by atoms with Crippen LogP contribution in [0.25, 0.3) is 5.69 Å². The van der Waals surface area contributed by atoms with Crippen LogP contribution in [0.4, 0.5) is 0 Å². The molecule has 25 heavy (non-hydrogen) atoms. The number of nitrogens with zero attached hydrogens (tertiary/aromatic N) is 2. The van der Waals surface area contributed by atoms with Gasteiger partial charge in [0, 0.05) is 16.6 Å². The molecule has 1 saturated heterocycles. The summed E-state index contributed by atoms with van der Waals surface area (Å²) in [6.45, 7) is 1.72. The number of aromatic nitrogens is 2. The maximum absolute atomic E-state index is 12.9. The van der Waals surface area contributed by atoms with E-state index in [1.807, 2.05) is 4.90 Å². The highest BCUT2D eigenvalue weighted by atomic mass is 35.5. The van der Waals surface area contributed by atoms with E-state index in [0.29, 0.717) is 0 Å². The molecule has 0 radical (unpaired) electrons. The lowest BCUT2D eigenvalue weighted by Crippen LogP contribution is -2.40. The van der Waals surface area contributed by atoms with E-state index in [2.05, 4.69) is 4.98 Å². The lowest BCUT2D eigenvalue weighted by Gasteiger charge is -2.17. The number of hydrogen-bond donors (Lipinski definition) is 2. The Morgan fingerprint density at radius 2 is 1.72 bits per heavy atom. The number of aromatic carboxylic acids is 1. The van der Waals surface area contributed by atoms with Gasteiger partial charge < -0.3 is 10.1 Å². The van der Waals surface area contributed by atoms with E-state index in [1.165, 1.54) is 18.2 Å². The molecule has 0 bridgehead atoms. The van der Waals surface area contributed by atoms with Gasteiger partial charge in [-0.05, 0) is 44.1 Å². The Morgan fingerprint density at radius 1 is 1.12 bits per heavy atom. The van der Waals surface area contributed by atoms with Gasteiger partial charge >= 0.3 is 11.7 Å². The summed E-state index contributed by atoms with van der Waals surface area (Å²) in [5, 5.41) is 9.88. The molecular formula is C16H15Cl2N3O4. The minimum Gasteiger partial charge on any atom is -0.477 e. The second kappa shape index (κ2) is 7.03. The molecule has 1 aliphatic heterocycles. The molecule has 2 heterocycles. The predicted molar refractivity (Wildman–Crippen MR) is 94.2 cm³/mol. The molecule has 9 heteroatoms. The monoisotopic (exact) mass is 383 g/mol. The summed E-state index contributed by atoms with van der Waals surface area (Å²) in [6, 6.07) is 4.32. The van der Waals surface area contributed by atoms with E-state index in [-0.39, 0.29) is 33.5 Å². The number of benzene rings is 1. The third-order valence-corrected chi connectivity index (χ3v) is 4.53. The zero-order valence-corrected chi connectivity index (χ0v) is 14.6. The van der Waals surface area contributed by atoms with Crippen LogP contribution in [0, 0.1) is 0 Å². The summed E-state index contributed by atoms with van der Waals surface area (Å²) in [7, 11) is 0. The summed E-state index contributed by atoms with van der Waals surface area (Å²) in [4.78, 5) is 41.0. The molecule has 1 aromatic heterocycles. The second-order valence-electron chi connectivity index (χ2n) is 5.84. The van der Waals surface area contributed by atoms with Gasteiger partial charge in [-0.25, -0.2) is 14.2 Å². The van der Waals surface area contributed by atoms with Gasteiger partial charge in [0.2, 0.25) is 0 Å². The van der Waals surface area contributed by atoms with E-state index in [4.69, 9.17) is 23.2 Å². The zero-order valence-electron chi connectivity index (χ0n) is 13.1. The van der Waals surface area contributed by atoms with E-state index in [1.54, 1.807) is 0 Å². The predicted octanol–water partition coefficient (Wildman–Crippen LogP) is 2.13. The topological polar surface area (TPSA) is 95.4 Å². The smallest absolute Gasteiger partial charge is 0.352 e. The fourth-order valence-electron chi connectivity index (χ4n) is 2.97. The van der Waals surface area contributed by atoms with Gasteiger partial charge in [-0.1, -0.05) is 23.2 Å². The van der Waals surface area contributed by atoms with Gasteiger partial charge in [0.05, 0.1) is 11.3 Å². The Labute approximate surface area is 152 Å². The molecule has 0 unspecified atom stereocenters. The minimum atomic E-state index is -1.35. The van der Waals surface area contributed by atoms with Gasteiger partial charge in [0.15, 0.2) is 0 Å². The van der Waals surface area contributed by atoms with Crippen molar-refractivity contribution in [2.45, 2.75) is 19.4 Å². The normalized spacial score (nSPS) is 14.8. The highest BCUT2D eigenvalue weighted by molar-refractivity contribution is 6.34. The van der Waals surface area contributed by atoms with Crippen molar-refractivity contribution in [1.29, 1.82) is 0 Å². The first-order chi connectivity index (χ1) is 11.9. The van der Waals surface area contributed by atoms with Crippen LogP contribution in [0.1, 0.15) is 28.9 Å². The molecule has 0 atom stereocenters. The van der Waals surface area contributed by atoms with Gasteiger partial charge in [0.25, 0.3) is 5.56 Å². The van der Waals surface area contributed by atoms with E-state index < -0.39 is 17.2 Å². The SMILES string of the molecule is O=C(O)c1[nH]c(=O)n(-c2cc(Cl)cc(Cl)c2)c(=O)c1CN1CCCC1. The number of carbonyl (C=O) groups is 1. The molecule has 1 aromatic carbocycles. The van der Waals surface area contributed by atoms with Crippen molar-refractivity contribution in [3.63, 3.8) is 0 Å². The molecule has 0 amide bonds. The highest BCUT2D eigenvalue weighted by Gasteiger charge is 2.23. The molecule has 2 N–H and O–H groups in total. The lowest BCUT2D eigenvalue weighted by molar-refractivity contribution is 0.0687. The Morgan fingerprint density at radius 3 is 2.28 bits per heavy atom. The van der Waals surface area contributed by atoms with Gasteiger partial charge in [-0.2, -0.15) is 0 Å². The van der Waals surface area contributed by atoms with Crippen LogP contribution in [0.2, 0.25) is 10.0 Å². The molecule has 2 aromatic rings. The maximum Gasteiger partial charge on any atom is 0.352 e. The van der Waals surface area contributed by atoms with Gasteiger partial charge in [0.1, 0.15) is 5.69 Å². The number of carboxylic acid groups (broad SMARTS) is 1. The van der Waals surface area contributed by atoms with E-state index >= 15 is 0 Å². The highest BCUT2D eigenvalue weighted by Crippen LogP contribution is 2.20. The second-order valence-corrected chi connectivity index (χ2v) is 6.71. The number of likely N-dealkylation sites (tertiary alicyclic amines) is 1. The summed E-state index contributed by atoms with van der Waals surface area (Å²) in [5.41, 5.74) is -1.71. The standard InChI is InChI=1S/C16H15Cl2N3O4/c17-9-5-10(18)7-11(6-9)21-14(22)12(8-20-3-1-2-4-20)13(15(23)24)19-16(21)25/h5-7H,1-4,8H2,(H,19,25)(H,23,24). The number of halogens is 2. The van der Waals surface area contributed by atoms with Crippen molar-refractivity contribution in [1.82, 2.24) is 14.5 Å². The Hall–Kier alpha value is -2.09. The largest absolute Gasteiger partial charge is 0.477 e. The molecule has 0 saturated carbocycles. The average molecular weight is 384 g/mol. The quantitative estimate of drug-likeness (QED) is 0.842. The molecule has 0 spiro atoms. The summed E-state index contributed by atoms with van der Waals surface area (Å²) < 4.78 is 0.857. The summed E-state index contributed by atoms with van der Waals surface area (Å²) in [5.74, 6) is -1.35. The molecule has 3 rings (SSSR count). The molecule has 132 valence electrons. The first-order valence-corrected chi connectivity index (χ1v) is 8.42. The van der Waals surface area contributed by atoms with Crippen molar-refractivity contribution in [2.75, 3.05) is 13.1 Å². The number of nitrogens with one attached hydrogen (secondary N) is 1. The van der Waals surface area contributed by atoms with E-state index in [9.17, 15) is 19.5 Å². The van der Waals surface area contributed by atoms with Crippen molar-refractivity contribution in [2.24, 2.45) is 0 Å². The molecule has 7 nitrogen and oxygen atoms in total. The number of aromatic amines is 1. The van der Waals surface area contributed by atoms with Crippen LogP contribution in [0.5, 0.6) is 0 Å². The minimum absolute atomic E-state index is 0.0325. The third-order valence-electron chi connectivity index (χ3n) is 4.10. The van der Waals surface area contributed by atoms with Crippen molar-refractivity contribution in [3.05, 3.63) is 60.3 Å². The number of rotatable bonds is 4. The fourth-order valence-corrected chi connectivity index (χ4v) is 3.48. The summed E-state index contributed by atoms with van der Waals surface area (Å²) >= 11 is 11.9. The Balaban J connectivity index is 2.21. The molecule has 0 aliphatic carbocycles. The van der Waals surface area contributed by atoms with Gasteiger partial charge in [-0.3, -0.25) is 9.69 Å². The fraction of sp³-hybridized carbons (Fsp3) is 0.312. The molecule has 1 fully saturated rings. The van der Waals surface area contributed by atoms with Crippen LogP contribution in [-0.2, 0) is 6.54 Å².